The fourth-order valence-electron chi connectivity index (χ4n) is 2.05. The third-order valence-corrected chi connectivity index (χ3v) is 2.92. The van der Waals surface area contributed by atoms with Gasteiger partial charge >= 0.3 is 0 Å². The molecule has 1 amide bonds. The summed E-state index contributed by atoms with van der Waals surface area (Å²) in [5, 5.41) is 8.69. The maximum Gasteiger partial charge on any atom is 0.236 e. The van der Waals surface area contributed by atoms with Crippen molar-refractivity contribution in [3.05, 3.63) is 0 Å². The van der Waals surface area contributed by atoms with E-state index >= 15 is 0 Å². The van der Waals surface area contributed by atoms with Crippen LogP contribution in [0.3, 0.4) is 0 Å². The van der Waals surface area contributed by atoms with Crippen molar-refractivity contribution in [3.8, 4) is 6.07 Å². The van der Waals surface area contributed by atoms with Gasteiger partial charge in [-0.05, 0) is 33.2 Å². The molecule has 0 spiro atoms. The largest absolute Gasteiger partial charge is 0.342 e. The fourth-order valence-corrected chi connectivity index (χ4v) is 2.05. The minimum atomic E-state index is -0.0147. The molecule has 1 atom stereocenters. The quantitative estimate of drug-likeness (QED) is 0.717. The number of nitrogens with zero attached hydrogens (tertiary/aromatic N) is 3. The van der Waals surface area contributed by atoms with Crippen molar-refractivity contribution < 1.29 is 4.79 Å². The third-order valence-electron chi connectivity index (χ3n) is 2.92. The molecule has 1 saturated heterocycles. The second-order valence-corrected chi connectivity index (χ2v) is 4.67. The van der Waals surface area contributed by atoms with E-state index in [4.69, 9.17) is 5.26 Å². The molecule has 0 aliphatic carbocycles. The Morgan fingerprint density at radius 2 is 2.06 bits per heavy atom. The first-order chi connectivity index (χ1) is 7.63. The van der Waals surface area contributed by atoms with Gasteiger partial charge < -0.3 is 4.90 Å². The zero-order chi connectivity index (χ0) is 12.0. The minimum absolute atomic E-state index is 0.0147. The number of carbonyl (C=O) groups is 1. The van der Waals surface area contributed by atoms with E-state index in [2.05, 4.69) is 6.07 Å². The van der Waals surface area contributed by atoms with Crippen LogP contribution in [-0.2, 0) is 4.79 Å². The first-order valence-corrected chi connectivity index (χ1v) is 5.99. The van der Waals surface area contributed by atoms with Crippen LogP contribution in [0.2, 0.25) is 0 Å². The predicted octanol–water partition coefficient (Wildman–Crippen LogP) is 1.09. The molecule has 90 valence electrons. The van der Waals surface area contributed by atoms with Gasteiger partial charge in [0.2, 0.25) is 5.91 Å². The highest BCUT2D eigenvalue weighted by molar-refractivity contribution is 5.78. The maximum atomic E-state index is 11.9. The Balaban J connectivity index is 2.30. The van der Waals surface area contributed by atoms with Crippen molar-refractivity contribution in [1.29, 1.82) is 5.26 Å². The fraction of sp³-hybridized carbons (Fsp3) is 0.833. The number of hydrogen-bond acceptors (Lipinski definition) is 3. The second kappa shape index (κ2) is 6.49. The first-order valence-electron chi connectivity index (χ1n) is 5.99. The highest BCUT2D eigenvalue weighted by atomic mass is 16.2. The van der Waals surface area contributed by atoms with Gasteiger partial charge in [-0.1, -0.05) is 0 Å². The summed E-state index contributed by atoms with van der Waals surface area (Å²) in [4.78, 5) is 15.8. The molecule has 0 aromatic heterocycles. The summed E-state index contributed by atoms with van der Waals surface area (Å²) in [6, 6.07) is 2.18. The molecule has 0 aromatic rings. The van der Waals surface area contributed by atoms with E-state index in [1.165, 1.54) is 6.42 Å². The smallest absolute Gasteiger partial charge is 0.236 e. The summed E-state index contributed by atoms with van der Waals surface area (Å²) < 4.78 is 0. The lowest BCUT2D eigenvalue weighted by atomic mass is 10.1. The monoisotopic (exact) mass is 223 g/mol. The summed E-state index contributed by atoms with van der Waals surface area (Å²) in [6.45, 7) is 4.78. The van der Waals surface area contributed by atoms with Crippen LogP contribution >= 0.6 is 0 Å². The van der Waals surface area contributed by atoms with Crippen LogP contribution in [0.5, 0.6) is 0 Å². The standard InChI is InChI=1S/C12H21N3O/c1-11(8-13)9-14(2)10-12(16)15-6-4-3-5-7-15/h11H,3-7,9-10H2,1-2H3. The number of amides is 1. The second-order valence-electron chi connectivity index (χ2n) is 4.67. The van der Waals surface area contributed by atoms with E-state index in [0.717, 1.165) is 25.9 Å². The molecular formula is C12H21N3O. The number of likely N-dealkylation sites (tertiary alicyclic amines) is 1. The topological polar surface area (TPSA) is 47.3 Å². The number of piperidine rings is 1. The molecule has 4 nitrogen and oxygen atoms in total. The molecule has 0 aromatic carbocycles. The molecule has 0 N–H and O–H groups in total. The average Bonchev–Trinajstić information content (AvgIpc) is 2.29. The van der Waals surface area contributed by atoms with Crippen molar-refractivity contribution in [2.75, 3.05) is 33.2 Å². The van der Waals surface area contributed by atoms with Crippen molar-refractivity contribution in [2.24, 2.45) is 5.92 Å². The van der Waals surface area contributed by atoms with Gasteiger partial charge in [0.05, 0.1) is 18.5 Å². The zero-order valence-corrected chi connectivity index (χ0v) is 10.3. The molecule has 1 heterocycles. The van der Waals surface area contributed by atoms with Crippen LogP contribution in [0.25, 0.3) is 0 Å². The Hall–Kier alpha value is -1.08. The summed E-state index contributed by atoms with van der Waals surface area (Å²) in [7, 11) is 1.90. The van der Waals surface area contributed by atoms with Gasteiger partial charge in [-0.2, -0.15) is 5.26 Å². The number of nitriles is 1. The molecule has 16 heavy (non-hydrogen) atoms. The van der Waals surface area contributed by atoms with Gasteiger partial charge in [0, 0.05) is 19.6 Å². The van der Waals surface area contributed by atoms with E-state index < -0.39 is 0 Å². The van der Waals surface area contributed by atoms with E-state index in [-0.39, 0.29) is 11.8 Å². The number of carbonyl (C=O) groups excluding carboxylic acids is 1. The van der Waals surface area contributed by atoms with E-state index in [9.17, 15) is 4.79 Å². The van der Waals surface area contributed by atoms with Gasteiger partial charge in [-0.15, -0.1) is 0 Å². The van der Waals surface area contributed by atoms with Gasteiger partial charge in [-0.3, -0.25) is 9.69 Å². The molecule has 1 unspecified atom stereocenters. The number of rotatable bonds is 4. The Labute approximate surface area is 97.8 Å². The Bertz CT molecular complexity index is 266. The maximum absolute atomic E-state index is 11.9. The Morgan fingerprint density at radius 3 is 2.62 bits per heavy atom. The molecule has 1 fully saturated rings. The zero-order valence-electron chi connectivity index (χ0n) is 10.3. The van der Waals surface area contributed by atoms with Crippen LogP contribution in [-0.4, -0.2) is 48.9 Å². The van der Waals surface area contributed by atoms with Crippen LogP contribution in [0.4, 0.5) is 0 Å². The normalized spacial score (nSPS) is 18.2. The number of likely N-dealkylation sites (N-methyl/N-ethyl adjacent to an activating group) is 1. The molecule has 0 bridgehead atoms. The van der Waals surface area contributed by atoms with Gasteiger partial charge in [0.15, 0.2) is 0 Å². The van der Waals surface area contributed by atoms with Crippen molar-refractivity contribution in [2.45, 2.75) is 26.2 Å². The lowest BCUT2D eigenvalue weighted by molar-refractivity contribution is -0.133. The SMILES string of the molecule is CC(C#N)CN(C)CC(=O)N1CCCCC1. The molecule has 0 saturated carbocycles. The van der Waals surface area contributed by atoms with Crippen LogP contribution in [0.15, 0.2) is 0 Å². The van der Waals surface area contributed by atoms with Crippen LogP contribution in [0, 0.1) is 17.2 Å². The highest BCUT2D eigenvalue weighted by Crippen LogP contribution is 2.09. The first kappa shape index (κ1) is 13.0. The third kappa shape index (κ3) is 4.19. The molecule has 1 rings (SSSR count). The summed E-state index contributed by atoms with van der Waals surface area (Å²) in [5.74, 6) is 0.187. The van der Waals surface area contributed by atoms with Crippen LogP contribution < -0.4 is 0 Å². The summed E-state index contributed by atoms with van der Waals surface area (Å²) in [5.41, 5.74) is 0. The van der Waals surface area contributed by atoms with Crippen molar-refractivity contribution in [1.82, 2.24) is 9.80 Å². The molecule has 1 aliphatic heterocycles. The van der Waals surface area contributed by atoms with Crippen molar-refractivity contribution in [3.63, 3.8) is 0 Å². The minimum Gasteiger partial charge on any atom is -0.342 e. The van der Waals surface area contributed by atoms with E-state index in [1.54, 1.807) is 0 Å². The predicted molar refractivity (Wildman–Crippen MR) is 62.7 cm³/mol. The molecular weight excluding hydrogens is 202 g/mol. The number of hydrogen-bond donors (Lipinski definition) is 0. The Kier molecular flexibility index (Phi) is 5.27. The lowest BCUT2D eigenvalue weighted by Gasteiger charge is -2.28. The Morgan fingerprint density at radius 1 is 1.44 bits per heavy atom. The average molecular weight is 223 g/mol. The molecule has 4 heteroatoms. The van der Waals surface area contributed by atoms with Gasteiger partial charge in [0.1, 0.15) is 0 Å². The van der Waals surface area contributed by atoms with E-state index in [1.807, 2.05) is 23.8 Å². The van der Waals surface area contributed by atoms with Crippen molar-refractivity contribution >= 4 is 5.91 Å². The van der Waals surface area contributed by atoms with Gasteiger partial charge in [-0.25, -0.2) is 0 Å². The summed E-state index contributed by atoms with van der Waals surface area (Å²) in [6.07, 6.45) is 3.50. The lowest BCUT2D eigenvalue weighted by Crippen LogP contribution is -2.42. The molecule has 1 aliphatic rings. The van der Waals surface area contributed by atoms with E-state index in [0.29, 0.717) is 13.1 Å². The summed E-state index contributed by atoms with van der Waals surface area (Å²) >= 11 is 0. The van der Waals surface area contributed by atoms with Crippen LogP contribution in [0.1, 0.15) is 26.2 Å². The highest BCUT2D eigenvalue weighted by Gasteiger charge is 2.18. The molecule has 0 radical (unpaired) electrons. The van der Waals surface area contributed by atoms with Gasteiger partial charge in [0.25, 0.3) is 0 Å².